The van der Waals surface area contributed by atoms with Crippen LogP contribution in [0.1, 0.15) is 81.4 Å². The highest BCUT2D eigenvalue weighted by atomic mass is 16.5. The van der Waals surface area contributed by atoms with Gasteiger partial charge in [0.25, 0.3) is 0 Å². The number of benzene rings is 2. The van der Waals surface area contributed by atoms with Crippen molar-refractivity contribution in [2.45, 2.75) is 82.8 Å². The molecular weight excluding hydrogens is 574 g/mol. The summed E-state index contributed by atoms with van der Waals surface area (Å²) in [5.74, 6) is 0.282. The second-order valence-corrected chi connectivity index (χ2v) is 12.0. The number of amides is 1. The highest BCUT2D eigenvalue weighted by Crippen LogP contribution is 2.36. The van der Waals surface area contributed by atoms with Crippen LogP contribution in [-0.2, 0) is 25.5 Å². The maximum absolute atomic E-state index is 14.0. The van der Waals surface area contributed by atoms with Gasteiger partial charge in [-0.2, -0.15) is 0 Å². The number of piperidine rings is 1. The number of likely N-dealkylation sites (tertiary alicyclic amines) is 1. The summed E-state index contributed by atoms with van der Waals surface area (Å²) in [4.78, 5) is 40.9. The fourth-order valence-corrected chi connectivity index (χ4v) is 6.66. The minimum absolute atomic E-state index is 0.0365. The molecule has 0 aromatic heterocycles. The van der Waals surface area contributed by atoms with E-state index in [-0.39, 0.29) is 11.8 Å². The second kappa shape index (κ2) is 16.9. The fraction of sp³-hybridized carbons (Fsp3) is 0.528. The minimum Gasteiger partial charge on any atom is -0.493 e. The van der Waals surface area contributed by atoms with Crippen LogP contribution in [0, 0.1) is 11.8 Å². The van der Waals surface area contributed by atoms with E-state index in [9.17, 15) is 14.4 Å². The number of carbonyl (C=O) groups is 3. The number of allylic oxidation sites excluding steroid dienone is 1. The number of aryl methyl sites for hydroxylation is 1. The van der Waals surface area contributed by atoms with Crippen LogP contribution in [0.5, 0.6) is 17.2 Å². The molecule has 0 radical (unpaired) electrons. The topological polar surface area (TPSA) is 112 Å². The van der Waals surface area contributed by atoms with Crippen LogP contribution in [0.3, 0.4) is 0 Å². The van der Waals surface area contributed by atoms with Crippen LogP contribution < -0.4 is 14.2 Å². The first-order valence-corrected chi connectivity index (χ1v) is 16.1. The van der Waals surface area contributed by atoms with Gasteiger partial charge in [-0.05, 0) is 92.7 Å². The number of carboxylic acid groups (broad SMARTS) is 1. The van der Waals surface area contributed by atoms with Gasteiger partial charge in [0, 0.05) is 12.5 Å². The van der Waals surface area contributed by atoms with Crippen molar-refractivity contribution >= 4 is 17.8 Å². The lowest BCUT2D eigenvalue weighted by Crippen LogP contribution is -2.52. The Hall–Kier alpha value is -4.01. The van der Waals surface area contributed by atoms with Gasteiger partial charge in [0.1, 0.15) is 17.9 Å². The highest BCUT2D eigenvalue weighted by molar-refractivity contribution is 5.86. The highest BCUT2D eigenvalue weighted by Gasteiger charge is 2.39. The molecular formula is C36H47NO8. The van der Waals surface area contributed by atoms with Crippen molar-refractivity contribution in [3.8, 4) is 17.2 Å². The number of hydrogen-bond donors (Lipinski definition) is 1. The van der Waals surface area contributed by atoms with Crippen molar-refractivity contribution in [3.05, 3.63) is 66.2 Å². The van der Waals surface area contributed by atoms with Crippen LogP contribution in [-0.4, -0.2) is 61.3 Å². The molecule has 1 saturated heterocycles. The van der Waals surface area contributed by atoms with Crippen LogP contribution in [0.25, 0.3) is 0 Å². The smallest absolute Gasteiger partial charge is 0.341 e. The maximum Gasteiger partial charge on any atom is 0.341 e. The Bertz CT molecular complexity index is 1300. The number of hydrogen-bond acceptors (Lipinski definition) is 7. The minimum atomic E-state index is -1.08. The number of methoxy groups -OCH3 is 2. The Morgan fingerprint density at radius 1 is 0.978 bits per heavy atom. The Kier molecular flexibility index (Phi) is 12.7. The molecule has 0 bridgehead atoms. The molecule has 3 atom stereocenters. The number of ether oxygens (including phenoxy) is 4. The Morgan fingerprint density at radius 3 is 2.44 bits per heavy atom. The van der Waals surface area contributed by atoms with E-state index in [1.54, 1.807) is 37.3 Å². The van der Waals surface area contributed by atoms with Gasteiger partial charge in [0.15, 0.2) is 18.1 Å². The SMILES string of the molecule is C=CCC(C(=O)N1CCCCC1C(=O)OC(CCc1ccc(OC)c(OC)c1)c1cccc(OCC(=O)O)c1)C1CCCCC1. The van der Waals surface area contributed by atoms with Gasteiger partial charge in [-0.15, -0.1) is 6.58 Å². The van der Waals surface area contributed by atoms with Crippen LogP contribution in [0.15, 0.2) is 55.1 Å². The van der Waals surface area contributed by atoms with E-state index in [4.69, 9.17) is 24.1 Å². The molecule has 2 fully saturated rings. The third-order valence-corrected chi connectivity index (χ3v) is 9.01. The lowest BCUT2D eigenvalue weighted by Gasteiger charge is -2.39. The van der Waals surface area contributed by atoms with Gasteiger partial charge in [0.05, 0.1) is 14.2 Å². The van der Waals surface area contributed by atoms with Gasteiger partial charge in [-0.25, -0.2) is 9.59 Å². The molecule has 2 aromatic carbocycles. The van der Waals surface area contributed by atoms with Crippen LogP contribution in [0.2, 0.25) is 0 Å². The molecule has 2 aliphatic rings. The normalized spacial score (nSPS) is 18.4. The van der Waals surface area contributed by atoms with Gasteiger partial charge in [0.2, 0.25) is 5.91 Å². The summed E-state index contributed by atoms with van der Waals surface area (Å²) >= 11 is 0. The Morgan fingerprint density at radius 2 is 1.73 bits per heavy atom. The van der Waals surface area contributed by atoms with E-state index in [1.165, 1.54) is 6.42 Å². The molecule has 2 aromatic rings. The molecule has 244 valence electrons. The van der Waals surface area contributed by atoms with Crippen LogP contribution >= 0.6 is 0 Å². The predicted octanol–water partition coefficient (Wildman–Crippen LogP) is 6.54. The molecule has 9 heteroatoms. The number of aliphatic carboxylic acids is 1. The third-order valence-electron chi connectivity index (χ3n) is 9.01. The molecule has 0 spiro atoms. The molecule has 1 N–H and O–H groups in total. The maximum atomic E-state index is 14.0. The summed E-state index contributed by atoms with van der Waals surface area (Å²) in [6.45, 7) is 3.98. The molecule has 1 amide bonds. The number of esters is 1. The quantitative estimate of drug-likeness (QED) is 0.176. The largest absolute Gasteiger partial charge is 0.493 e. The van der Waals surface area contributed by atoms with E-state index >= 15 is 0 Å². The zero-order valence-corrected chi connectivity index (χ0v) is 26.6. The van der Waals surface area contributed by atoms with Crippen molar-refractivity contribution in [2.24, 2.45) is 11.8 Å². The number of carbonyl (C=O) groups excluding carboxylic acids is 2. The van der Waals surface area contributed by atoms with E-state index in [1.807, 2.05) is 30.3 Å². The number of carboxylic acids is 1. The Labute approximate surface area is 266 Å². The molecule has 3 unspecified atom stereocenters. The predicted molar refractivity (Wildman–Crippen MR) is 171 cm³/mol. The molecule has 1 heterocycles. The zero-order chi connectivity index (χ0) is 32.2. The molecule has 45 heavy (non-hydrogen) atoms. The first-order valence-electron chi connectivity index (χ1n) is 16.1. The average Bonchev–Trinajstić information content (AvgIpc) is 3.08. The van der Waals surface area contributed by atoms with Crippen molar-refractivity contribution < 1.29 is 38.4 Å². The molecule has 4 rings (SSSR count). The van der Waals surface area contributed by atoms with E-state index < -0.39 is 30.7 Å². The lowest BCUT2D eigenvalue weighted by molar-refractivity contribution is -0.164. The summed E-state index contributed by atoms with van der Waals surface area (Å²) in [5, 5.41) is 9.08. The number of rotatable bonds is 15. The summed E-state index contributed by atoms with van der Waals surface area (Å²) in [5.41, 5.74) is 1.66. The lowest BCUT2D eigenvalue weighted by atomic mass is 9.77. The standard InChI is InChI=1S/C36H47NO8/c1-4-11-29(26-12-6-5-7-13-26)35(40)37-21-9-8-16-30(37)36(41)45-31(27-14-10-15-28(23-27)44-24-34(38)39)19-17-25-18-20-32(42-2)33(22-25)43-3/h4,10,14-15,18,20,22-23,26,29-31H,1,5-9,11-13,16-17,19,21,24H2,2-3H3,(H,38,39). The third kappa shape index (κ3) is 9.25. The van der Waals surface area contributed by atoms with Crippen molar-refractivity contribution in [1.29, 1.82) is 0 Å². The second-order valence-electron chi connectivity index (χ2n) is 12.0. The van der Waals surface area contributed by atoms with Gasteiger partial charge in [-0.1, -0.05) is 43.5 Å². The Balaban J connectivity index is 1.56. The fourth-order valence-electron chi connectivity index (χ4n) is 6.66. The van der Waals surface area contributed by atoms with Gasteiger partial charge < -0.3 is 29.0 Å². The molecule has 1 saturated carbocycles. The zero-order valence-electron chi connectivity index (χ0n) is 26.6. The monoisotopic (exact) mass is 621 g/mol. The van der Waals surface area contributed by atoms with Crippen LogP contribution in [0.4, 0.5) is 0 Å². The van der Waals surface area contributed by atoms with E-state index in [0.717, 1.165) is 44.1 Å². The summed E-state index contributed by atoms with van der Waals surface area (Å²) < 4.78 is 22.5. The first kappa shape index (κ1) is 33.9. The van der Waals surface area contributed by atoms with Crippen molar-refractivity contribution in [3.63, 3.8) is 0 Å². The summed E-state index contributed by atoms with van der Waals surface area (Å²) in [7, 11) is 3.17. The van der Waals surface area contributed by atoms with Crippen molar-refractivity contribution in [1.82, 2.24) is 4.90 Å². The van der Waals surface area contributed by atoms with E-state index in [2.05, 4.69) is 6.58 Å². The summed E-state index contributed by atoms with van der Waals surface area (Å²) in [6, 6.07) is 12.0. The average molecular weight is 622 g/mol. The first-order chi connectivity index (χ1) is 21.8. The van der Waals surface area contributed by atoms with Gasteiger partial charge in [-0.3, -0.25) is 4.79 Å². The molecule has 1 aliphatic carbocycles. The van der Waals surface area contributed by atoms with Crippen molar-refractivity contribution in [2.75, 3.05) is 27.4 Å². The van der Waals surface area contributed by atoms with E-state index in [0.29, 0.717) is 61.0 Å². The van der Waals surface area contributed by atoms with Gasteiger partial charge >= 0.3 is 11.9 Å². The summed E-state index contributed by atoms with van der Waals surface area (Å²) in [6.07, 6.45) is 10.6. The molecule has 9 nitrogen and oxygen atoms in total. The number of nitrogens with zero attached hydrogens (tertiary/aromatic N) is 1. The molecule has 1 aliphatic heterocycles.